The Morgan fingerprint density at radius 1 is 0.621 bits per heavy atom. The van der Waals surface area contributed by atoms with Crippen LogP contribution in [0.15, 0.2) is 72.9 Å². The maximum atomic E-state index is 11.3. The summed E-state index contributed by atoms with van der Waals surface area (Å²) in [6, 6.07) is 0. The van der Waals surface area contributed by atoms with Gasteiger partial charge in [0.1, 0.15) is 0 Å². The van der Waals surface area contributed by atoms with Gasteiger partial charge in [-0.3, -0.25) is 4.79 Å². The molecule has 0 amide bonds. The average molecular weight is 399 g/mol. The molecule has 0 atom stereocenters. The van der Waals surface area contributed by atoms with Crippen LogP contribution in [0.25, 0.3) is 0 Å². The highest BCUT2D eigenvalue weighted by molar-refractivity contribution is 5.69. The summed E-state index contributed by atoms with van der Waals surface area (Å²) < 4.78 is 5.06. The molecule has 0 radical (unpaired) electrons. The van der Waals surface area contributed by atoms with Gasteiger partial charge in [-0.25, -0.2) is 0 Å². The number of ether oxygens (including phenoxy) is 1. The molecular formula is C27H42O2. The molecule has 0 aliphatic carbocycles. The summed E-state index contributed by atoms with van der Waals surface area (Å²) in [5, 5.41) is 0. The van der Waals surface area contributed by atoms with Gasteiger partial charge in [-0.2, -0.15) is 0 Å². The van der Waals surface area contributed by atoms with E-state index < -0.39 is 0 Å². The first-order chi connectivity index (χ1) is 14.3. The summed E-state index contributed by atoms with van der Waals surface area (Å²) in [7, 11) is 0. The fourth-order valence-corrected chi connectivity index (χ4v) is 2.46. The second-order valence-electron chi connectivity index (χ2n) is 6.88. The van der Waals surface area contributed by atoms with E-state index in [0.717, 1.165) is 64.2 Å². The number of hydrogen-bond donors (Lipinski definition) is 0. The second kappa shape index (κ2) is 23.9. The van der Waals surface area contributed by atoms with Gasteiger partial charge in [-0.15, -0.1) is 0 Å². The first-order valence-corrected chi connectivity index (χ1v) is 11.4. The van der Waals surface area contributed by atoms with E-state index in [1.165, 1.54) is 0 Å². The number of hydrogen-bond acceptors (Lipinski definition) is 2. The zero-order chi connectivity index (χ0) is 21.3. The third-order valence-electron chi connectivity index (χ3n) is 4.07. The Balaban J connectivity index is 3.50. The van der Waals surface area contributed by atoms with Crippen LogP contribution in [0.1, 0.15) is 84.5 Å². The minimum Gasteiger partial charge on any atom is -0.466 e. The smallest absolute Gasteiger partial charge is 0.305 e. The monoisotopic (exact) mass is 398 g/mol. The number of allylic oxidation sites excluding steroid dienone is 12. The molecule has 0 heterocycles. The number of rotatable bonds is 18. The van der Waals surface area contributed by atoms with Crippen LogP contribution < -0.4 is 0 Å². The Morgan fingerprint density at radius 3 is 1.52 bits per heavy atom. The lowest BCUT2D eigenvalue weighted by Crippen LogP contribution is -2.04. The van der Waals surface area contributed by atoms with Gasteiger partial charge in [0.2, 0.25) is 0 Å². The van der Waals surface area contributed by atoms with Crippen LogP contribution in [-0.4, -0.2) is 12.6 Å². The summed E-state index contributed by atoms with van der Waals surface area (Å²) >= 11 is 0. The van der Waals surface area contributed by atoms with Gasteiger partial charge in [0.05, 0.1) is 6.61 Å². The Hall–Kier alpha value is -2.09. The zero-order valence-corrected chi connectivity index (χ0v) is 18.7. The number of carbonyl (C=O) groups excluding carboxylic acids is 1. The highest BCUT2D eigenvalue weighted by Crippen LogP contribution is 2.03. The van der Waals surface area contributed by atoms with Crippen molar-refractivity contribution in [2.45, 2.75) is 84.5 Å². The normalized spacial score (nSPS) is 12.8. The summed E-state index contributed by atoms with van der Waals surface area (Å²) in [5.74, 6) is -0.0605. The van der Waals surface area contributed by atoms with Gasteiger partial charge < -0.3 is 4.74 Å². The van der Waals surface area contributed by atoms with Crippen molar-refractivity contribution in [3.63, 3.8) is 0 Å². The van der Waals surface area contributed by atoms with Crippen molar-refractivity contribution in [3.8, 4) is 0 Å². The van der Waals surface area contributed by atoms with E-state index in [-0.39, 0.29) is 5.97 Å². The summed E-state index contributed by atoms with van der Waals surface area (Å²) in [5.41, 5.74) is 0. The fourth-order valence-electron chi connectivity index (χ4n) is 2.46. The molecule has 0 rings (SSSR count). The zero-order valence-electron chi connectivity index (χ0n) is 18.7. The predicted octanol–water partition coefficient (Wildman–Crippen LogP) is 8.20. The highest BCUT2D eigenvalue weighted by Gasteiger charge is 2.00. The topological polar surface area (TPSA) is 26.3 Å². The molecule has 29 heavy (non-hydrogen) atoms. The Morgan fingerprint density at radius 2 is 1.07 bits per heavy atom. The molecule has 0 aromatic heterocycles. The van der Waals surface area contributed by atoms with Crippen molar-refractivity contribution < 1.29 is 9.53 Å². The average Bonchev–Trinajstić information content (AvgIpc) is 2.73. The van der Waals surface area contributed by atoms with Crippen LogP contribution in [0.4, 0.5) is 0 Å². The summed E-state index contributed by atoms with van der Waals surface area (Å²) in [6.45, 7) is 4.71. The van der Waals surface area contributed by atoms with E-state index in [1.54, 1.807) is 0 Å². The predicted molar refractivity (Wildman–Crippen MR) is 128 cm³/mol. The van der Waals surface area contributed by atoms with E-state index in [1.807, 2.05) is 6.92 Å². The van der Waals surface area contributed by atoms with E-state index in [2.05, 4.69) is 79.8 Å². The molecule has 0 saturated heterocycles. The van der Waals surface area contributed by atoms with Gasteiger partial charge in [-0.05, 0) is 64.2 Å². The number of esters is 1. The van der Waals surface area contributed by atoms with Crippen molar-refractivity contribution >= 4 is 5.97 Å². The van der Waals surface area contributed by atoms with Gasteiger partial charge in [0.15, 0.2) is 0 Å². The molecule has 2 nitrogen and oxygen atoms in total. The Labute approximate surface area is 179 Å². The largest absolute Gasteiger partial charge is 0.466 e. The second-order valence-corrected chi connectivity index (χ2v) is 6.88. The molecule has 0 unspecified atom stereocenters. The van der Waals surface area contributed by atoms with Crippen LogP contribution in [0.2, 0.25) is 0 Å². The summed E-state index contributed by atoms with van der Waals surface area (Å²) in [4.78, 5) is 11.3. The van der Waals surface area contributed by atoms with Crippen LogP contribution in [0, 0.1) is 0 Å². The van der Waals surface area contributed by atoms with E-state index in [0.29, 0.717) is 13.0 Å². The third-order valence-corrected chi connectivity index (χ3v) is 4.07. The van der Waals surface area contributed by atoms with Gasteiger partial charge in [0.25, 0.3) is 0 Å². The van der Waals surface area contributed by atoms with Crippen LogP contribution in [-0.2, 0) is 9.53 Å². The Kier molecular flexibility index (Phi) is 22.2. The fraction of sp³-hybridized carbons (Fsp3) is 0.519. The lowest BCUT2D eigenvalue weighted by molar-refractivity contribution is -0.143. The molecule has 2 heteroatoms. The molecule has 0 fully saturated rings. The van der Waals surface area contributed by atoms with Gasteiger partial charge in [0, 0.05) is 6.42 Å². The molecule has 0 N–H and O–H groups in total. The maximum Gasteiger partial charge on any atom is 0.305 e. The van der Waals surface area contributed by atoms with Crippen LogP contribution >= 0.6 is 0 Å². The molecule has 0 bridgehead atoms. The van der Waals surface area contributed by atoms with Crippen LogP contribution in [0.5, 0.6) is 0 Å². The summed E-state index contributed by atoms with van der Waals surface area (Å²) in [6.07, 6.45) is 37.1. The molecule has 0 aromatic rings. The molecule has 0 aliphatic heterocycles. The van der Waals surface area contributed by atoms with E-state index in [4.69, 9.17) is 4.74 Å². The molecule has 162 valence electrons. The molecule has 0 spiro atoms. The van der Waals surface area contributed by atoms with Crippen molar-refractivity contribution in [2.24, 2.45) is 0 Å². The lowest BCUT2D eigenvalue weighted by atomic mass is 10.2. The lowest BCUT2D eigenvalue weighted by Gasteiger charge is -2.01. The number of carbonyl (C=O) groups is 1. The number of unbranched alkanes of at least 4 members (excludes halogenated alkanes) is 2. The maximum absolute atomic E-state index is 11.3. The molecule has 0 saturated carbocycles. The minimum absolute atomic E-state index is 0.0605. The van der Waals surface area contributed by atoms with Crippen LogP contribution in [0.3, 0.4) is 0 Å². The first kappa shape index (κ1) is 26.9. The SMILES string of the molecule is CCC=CCC=CCC=CCC=CCC=CC/C=C\CCCCC(=O)OCCC. The molecule has 0 aromatic carbocycles. The van der Waals surface area contributed by atoms with Crippen molar-refractivity contribution in [1.82, 2.24) is 0 Å². The molecule has 0 aliphatic rings. The van der Waals surface area contributed by atoms with E-state index in [9.17, 15) is 4.79 Å². The van der Waals surface area contributed by atoms with Crippen molar-refractivity contribution in [2.75, 3.05) is 6.61 Å². The standard InChI is InChI=1S/C27H42O2/c1-3-5-6-7-8-9-10-11-12-13-14-15-16-17-18-19-20-21-22-23-24-25-27(28)29-26-4-2/h5-6,8-9,11-12,14-15,17-18,20-21H,3-4,7,10,13,16,19,22-26H2,1-2H3/b6-5?,9-8?,12-11?,15-14?,18-17?,21-20-. The molecular weight excluding hydrogens is 356 g/mol. The first-order valence-electron chi connectivity index (χ1n) is 11.4. The van der Waals surface area contributed by atoms with Gasteiger partial charge in [-0.1, -0.05) is 86.8 Å². The third kappa shape index (κ3) is 23.9. The highest BCUT2D eigenvalue weighted by atomic mass is 16.5. The van der Waals surface area contributed by atoms with Gasteiger partial charge >= 0.3 is 5.97 Å². The minimum atomic E-state index is -0.0605. The van der Waals surface area contributed by atoms with Crippen molar-refractivity contribution in [1.29, 1.82) is 0 Å². The van der Waals surface area contributed by atoms with E-state index >= 15 is 0 Å². The van der Waals surface area contributed by atoms with Crippen molar-refractivity contribution in [3.05, 3.63) is 72.9 Å². The quantitative estimate of drug-likeness (QED) is 0.132. The Bertz CT molecular complexity index is 533.